The second kappa shape index (κ2) is 4.94. The van der Waals surface area contributed by atoms with E-state index in [0.29, 0.717) is 0 Å². The molecule has 0 bridgehead atoms. The summed E-state index contributed by atoms with van der Waals surface area (Å²) in [6, 6.07) is 10.6. The van der Waals surface area contributed by atoms with Crippen LogP contribution in [0, 0.1) is 0 Å². The molecule has 2 aromatic rings. The number of rotatable bonds is 2. The fourth-order valence-electron chi connectivity index (χ4n) is 2.63. The van der Waals surface area contributed by atoms with Crippen molar-refractivity contribution in [1.29, 1.82) is 0 Å². The van der Waals surface area contributed by atoms with Crippen LogP contribution in [0.1, 0.15) is 6.92 Å². The standard InChI is InChI=1S/C15H19N3/c1-2-17-9-11-18(12-10-17)15-14-6-4-3-5-13(14)7-8-16-15/h3-8H,2,9-12H2,1H3. The van der Waals surface area contributed by atoms with Crippen molar-refractivity contribution in [3.8, 4) is 0 Å². The lowest BCUT2D eigenvalue weighted by atomic mass is 10.1. The molecule has 0 saturated carbocycles. The first-order valence-electron chi connectivity index (χ1n) is 6.69. The first kappa shape index (κ1) is 11.5. The van der Waals surface area contributed by atoms with Gasteiger partial charge in [0.15, 0.2) is 0 Å². The van der Waals surface area contributed by atoms with E-state index in [2.05, 4.69) is 52.0 Å². The van der Waals surface area contributed by atoms with E-state index in [-0.39, 0.29) is 0 Å². The average molecular weight is 241 g/mol. The molecule has 0 aliphatic carbocycles. The number of likely N-dealkylation sites (N-methyl/N-ethyl adjacent to an activating group) is 1. The second-order valence-electron chi connectivity index (χ2n) is 4.78. The van der Waals surface area contributed by atoms with Crippen LogP contribution in [0.5, 0.6) is 0 Å². The Morgan fingerprint density at radius 1 is 1.06 bits per heavy atom. The highest BCUT2D eigenvalue weighted by Gasteiger charge is 2.18. The number of benzene rings is 1. The van der Waals surface area contributed by atoms with Gasteiger partial charge in [0.1, 0.15) is 5.82 Å². The van der Waals surface area contributed by atoms with E-state index in [9.17, 15) is 0 Å². The van der Waals surface area contributed by atoms with Gasteiger partial charge in [0.05, 0.1) is 0 Å². The Labute approximate surface area is 108 Å². The lowest BCUT2D eigenvalue weighted by Gasteiger charge is -2.35. The van der Waals surface area contributed by atoms with Gasteiger partial charge in [-0.3, -0.25) is 0 Å². The number of nitrogens with zero attached hydrogens (tertiary/aromatic N) is 3. The summed E-state index contributed by atoms with van der Waals surface area (Å²) in [5, 5.41) is 2.55. The molecule has 1 saturated heterocycles. The number of pyridine rings is 1. The Kier molecular flexibility index (Phi) is 3.15. The van der Waals surface area contributed by atoms with Gasteiger partial charge in [0.2, 0.25) is 0 Å². The van der Waals surface area contributed by atoms with E-state index < -0.39 is 0 Å². The van der Waals surface area contributed by atoms with Gasteiger partial charge in [-0.25, -0.2) is 4.98 Å². The van der Waals surface area contributed by atoms with Crippen LogP contribution in [0.4, 0.5) is 5.82 Å². The monoisotopic (exact) mass is 241 g/mol. The number of fused-ring (bicyclic) bond motifs is 1. The minimum Gasteiger partial charge on any atom is -0.354 e. The summed E-state index contributed by atoms with van der Waals surface area (Å²) in [5.74, 6) is 1.14. The Balaban J connectivity index is 1.91. The molecule has 1 fully saturated rings. The molecule has 0 unspecified atom stereocenters. The largest absolute Gasteiger partial charge is 0.354 e. The van der Waals surface area contributed by atoms with Crippen molar-refractivity contribution in [2.75, 3.05) is 37.6 Å². The average Bonchev–Trinajstić information content (AvgIpc) is 2.47. The Bertz CT molecular complexity index is 525. The Morgan fingerprint density at radius 2 is 1.83 bits per heavy atom. The molecule has 94 valence electrons. The van der Waals surface area contributed by atoms with Crippen molar-refractivity contribution in [2.45, 2.75) is 6.92 Å². The van der Waals surface area contributed by atoms with Gasteiger partial charge < -0.3 is 9.80 Å². The summed E-state index contributed by atoms with van der Waals surface area (Å²) in [7, 11) is 0. The van der Waals surface area contributed by atoms with Gasteiger partial charge in [0, 0.05) is 37.8 Å². The zero-order valence-electron chi connectivity index (χ0n) is 10.8. The van der Waals surface area contributed by atoms with Crippen molar-refractivity contribution in [3.05, 3.63) is 36.5 Å². The molecule has 0 N–H and O–H groups in total. The summed E-state index contributed by atoms with van der Waals surface area (Å²) >= 11 is 0. The van der Waals surface area contributed by atoms with Crippen molar-refractivity contribution >= 4 is 16.6 Å². The molecular weight excluding hydrogens is 222 g/mol. The van der Waals surface area contributed by atoms with Crippen molar-refractivity contribution in [1.82, 2.24) is 9.88 Å². The maximum absolute atomic E-state index is 4.59. The van der Waals surface area contributed by atoms with Crippen LogP contribution in [0.15, 0.2) is 36.5 Å². The van der Waals surface area contributed by atoms with Gasteiger partial charge in [-0.1, -0.05) is 31.2 Å². The van der Waals surface area contributed by atoms with Crippen LogP contribution in [0.25, 0.3) is 10.8 Å². The van der Waals surface area contributed by atoms with Crippen molar-refractivity contribution in [2.24, 2.45) is 0 Å². The summed E-state index contributed by atoms with van der Waals surface area (Å²) in [5.41, 5.74) is 0. The van der Waals surface area contributed by atoms with Gasteiger partial charge >= 0.3 is 0 Å². The number of hydrogen-bond donors (Lipinski definition) is 0. The highest BCUT2D eigenvalue weighted by Crippen LogP contribution is 2.24. The Morgan fingerprint density at radius 3 is 2.61 bits per heavy atom. The molecule has 0 spiro atoms. The third-order valence-corrected chi connectivity index (χ3v) is 3.77. The van der Waals surface area contributed by atoms with Gasteiger partial charge in [-0.2, -0.15) is 0 Å². The van der Waals surface area contributed by atoms with E-state index >= 15 is 0 Å². The number of piperazine rings is 1. The van der Waals surface area contributed by atoms with E-state index in [1.807, 2.05) is 6.20 Å². The third-order valence-electron chi connectivity index (χ3n) is 3.77. The van der Waals surface area contributed by atoms with Crippen LogP contribution in [0.3, 0.4) is 0 Å². The molecule has 1 aromatic carbocycles. The predicted octanol–water partition coefficient (Wildman–Crippen LogP) is 2.38. The molecule has 0 atom stereocenters. The minimum absolute atomic E-state index is 1.08. The van der Waals surface area contributed by atoms with E-state index in [1.54, 1.807) is 0 Å². The quantitative estimate of drug-likeness (QED) is 0.804. The van der Waals surface area contributed by atoms with Crippen LogP contribution in [-0.2, 0) is 0 Å². The third kappa shape index (κ3) is 2.06. The molecular formula is C15H19N3. The molecule has 1 aliphatic heterocycles. The molecule has 3 heteroatoms. The van der Waals surface area contributed by atoms with E-state index in [1.165, 1.54) is 10.8 Å². The summed E-state index contributed by atoms with van der Waals surface area (Å²) < 4.78 is 0. The highest BCUT2D eigenvalue weighted by molar-refractivity contribution is 5.92. The van der Waals surface area contributed by atoms with Gasteiger partial charge in [-0.15, -0.1) is 0 Å². The number of anilines is 1. The molecule has 3 rings (SSSR count). The minimum atomic E-state index is 1.08. The molecule has 1 aromatic heterocycles. The molecule has 0 radical (unpaired) electrons. The highest BCUT2D eigenvalue weighted by atomic mass is 15.3. The maximum atomic E-state index is 4.59. The zero-order valence-corrected chi connectivity index (χ0v) is 10.8. The SMILES string of the molecule is CCN1CCN(c2nccc3ccccc23)CC1. The summed E-state index contributed by atoms with van der Waals surface area (Å²) in [6.07, 6.45) is 1.92. The van der Waals surface area contributed by atoms with Crippen LogP contribution < -0.4 is 4.90 Å². The molecule has 1 aliphatic rings. The first-order chi connectivity index (χ1) is 8.88. The fourth-order valence-corrected chi connectivity index (χ4v) is 2.63. The molecule has 0 amide bonds. The second-order valence-corrected chi connectivity index (χ2v) is 4.78. The topological polar surface area (TPSA) is 19.4 Å². The smallest absolute Gasteiger partial charge is 0.136 e. The number of aromatic nitrogens is 1. The van der Waals surface area contributed by atoms with Crippen molar-refractivity contribution < 1.29 is 0 Å². The van der Waals surface area contributed by atoms with Gasteiger partial charge in [-0.05, 0) is 18.0 Å². The van der Waals surface area contributed by atoms with E-state index in [4.69, 9.17) is 0 Å². The zero-order chi connectivity index (χ0) is 12.4. The number of hydrogen-bond acceptors (Lipinski definition) is 3. The fraction of sp³-hybridized carbons (Fsp3) is 0.400. The Hall–Kier alpha value is -1.61. The lowest BCUT2D eigenvalue weighted by molar-refractivity contribution is 0.271. The molecule has 2 heterocycles. The van der Waals surface area contributed by atoms with Crippen molar-refractivity contribution in [3.63, 3.8) is 0 Å². The van der Waals surface area contributed by atoms with E-state index in [0.717, 1.165) is 38.5 Å². The normalized spacial score (nSPS) is 17.3. The van der Waals surface area contributed by atoms with Crippen LogP contribution >= 0.6 is 0 Å². The first-order valence-corrected chi connectivity index (χ1v) is 6.69. The lowest BCUT2D eigenvalue weighted by Crippen LogP contribution is -2.46. The maximum Gasteiger partial charge on any atom is 0.136 e. The summed E-state index contributed by atoms with van der Waals surface area (Å²) in [4.78, 5) is 9.49. The van der Waals surface area contributed by atoms with Crippen LogP contribution in [0.2, 0.25) is 0 Å². The molecule has 18 heavy (non-hydrogen) atoms. The van der Waals surface area contributed by atoms with Gasteiger partial charge in [0.25, 0.3) is 0 Å². The van der Waals surface area contributed by atoms with Crippen LogP contribution in [-0.4, -0.2) is 42.6 Å². The molecule has 3 nitrogen and oxygen atoms in total. The summed E-state index contributed by atoms with van der Waals surface area (Å²) in [6.45, 7) is 7.81. The predicted molar refractivity (Wildman–Crippen MR) is 76.1 cm³/mol.